The van der Waals surface area contributed by atoms with E-state index in [0.29, 0.717) is 11.1 Å². The van der Waals surface area contributed by atoms with Crippen LogP contribution in [0.25, 0.3) is 0 Å². The summed E-state index contributed by atoms with van der Waals surface area (Å²) in [5.41, 5.74) is 0.776. The van der Waals surface area contributed by atoms with Crippen LogP contribution in [0, 0.1) is 18.6 Å². The summed E-state index contributed by atoms with van der Waals surface area (Å²) in [6.07, 6.45) is 2.89. The SMILES string of the molecule is CCCCC(Br)c1cc(F)c(C)cc1F. The first-order valence-electron chi connectivity index (χ1n) is 5.15. The number of halogens is 3. The van der Waals surface area contributed by atoms with Crippen molar-refractivity contribution in [2.75, 3.05) is 0 Å². The monoisotopic (exact) mass is 276 g/mol. The number of hydrogen-bond acceptors (Lipinski definition) is 0. The van der Waals surface area contributed by atoms with E-state index in [1.165, 1.54) is 12.1 Å². The Morgan fingerprint density at radius 1 is 1.27 bits per heavy atom. The van der Waals surface area contributed by atoms with Crippen molar-refractivity contribution in [2.45, 2.75) is 37.9 Å². The van der Waals surface area contributed by atoms with Crippen LogP contribution in [0.1, 0.15) is 42.1 Å². The van der Waals surface area contributed by atoms with Gasteiger partial charge in [-0.25, -0.2) is 8.78 Å². The Hall–Kier alpha value is -0.440. The van der Waals surface area contributed by atoms with Gasteiger partial charge in [0.2, 0.25) is 0 Å². The van der Waals surface area contributed by atoms with Crippen molar-refractivity contribution in [3.63, 3.8) is 0 Å². The van der Waals surface area contributed by atoms with Gasteiger partial charge in [0.25, 0.3) is 0 Å². The molecule has 15 heavy (non-hydrogen) atoms. The zero-order valence-corrected chi connectivity index (χ0v) is 10.6. The third-order valence-electron chi connectivity index (χ3n) is 2.43. The topological polar surface area (TPSA) is 0 Å². The molecule has 0 aromatic heterocycles. The Balaban J connectivity index is 2.88. The van der Waals surface area contributed by atoms with E-state index >= 15 is 0 Å². The maximum Gasteiger partial charge on any atom is 0.128 e. The van der Waals surface area contributed by atoms with Gasteiger partial charge in [-0.05, 0) is 31.0 Å². The summed E-state index contributed by atoms with van der Waals surface area (Å²) in [6, 6.07) is 2.55. The van der Waals surface area contributed by atoms with Crippen molar-refractivity contribution in [2.24, 2.45) is 0 Å². The number of alkyl halides is 1. The van der Waals surface area contributed by atoms with Gasteiger partial charge in [0.1, 0.15) is 11.6 Å². The van der Waals surface area contributed by atoms with E-state index < -0.39 is 0 Å². The summed E-state index contributed by atoms with van der Waals surface area (Å²) >= 11 is 3.39. The van der Waals surface area contributed by atoms with E-state index in [4.69, 9.17) is 0 Å². The average Bonchev–Trinajstić information content (AvgIpc) is 2.20. The lowest BCUT2D eigenvalue weighted by atomic mass is 10.0. The molecule has 0 amide bonds. The van der Waals surface area contributed by atoms with E-state index in [2.05, 4.69) is 22.9 Å². The Bertz CT molecular complexity index is 337. The second-order valence-corrected chi connectivity index (χ2v) is 4.84. The van der Waals surface area contributed by atoms with Crippen molar-refractivity contribution in [3.8, 4) is 0 Å². The molecule has 0 heterocycles. The second-order valence-electron chi connectivity index (χ2n) is 3.73. The van der Waals surface area contributed by atoms with E-state index in [1.54, 1.807) is 6.92 Å². The van der Waals surface area contributed by atoms with Gasteiger partial charge in [-0.3, -0.25) is 0 Å². The molecule has 1 aromatic rings. The molecule has 1 aromatic carbocycles. The average molecular weight is 277 g/mol. The molecule has 0 spiro atoms. The van der Waals surface area contributed by atoms with Crippen molar-refractivity contribution in [1.29, 1.82) is 0 Å². The predicted molar refractivity (Wildman–Crippen MR) is 62.3 cm³/mol. The highest BCUT2D eigenvalue weighted by Crippen LogP contribution is 2.31. The van der Waals surface area contributed by atoms with Gasteiger partial charge in [0, 0.05) is 10.4 Å². The lowest BCUT2D eigenvalue weighted by Gasteiger charge is -2.11. The van der Waals surface area contributed by atoms with Crippen LogP contribution in [0.2, 0.25) is 0 Å². The highest BCUT2D eigenvalue weighted by molar-refractivity contribution is 9.09. The van der Waals surface area contributed by atoms with Crippen molar-refractivity contribution < 1.29 is 8.78 Å². The predicted octanol–water partition coefficient (Wildman–Crippen LogP) is 4.90. The lowest BCUT2D eigenvalue weighted by molar-refractivity contribution is 0.570. The second kappa shape index (κ2) is 5.59. The molecule has 1 atom stereocenters. The molecule has 0 saturated carbocycles. The first-order valence-corrected chi connectivity index (χ1v) is 6.07. The minimum absolute atomic E-state index is 0.0902. The zero-order chi connectivity index (χ0) is 11.4. The van der Waals surface area contributed by atoms with E-state index in [1.807, 2.05) is 0 Å². The van der Waals surface area contributed by atoms with Crippen molar-refractivity contribution in [1.82, 2.24) is 0 Å². The third kappa shape index (κ3) is 3.26. The Morgan fingerprint density at radius 3 is 2.53 bits per heavy atom. The highest BCUT2D eigenvalue weighted by Gasteiger charge is 2.14. The van der Waals surface area contributed by atoms with Crippen molar-refractivity contribution in [3.05, 3.63) is 34.9 Å². The molecule has 0 fully saturated rings. The number of hydrogen-bond donors (Lipinski definition) is 0. The van der Waals surface area contributed by atoms with E-state index in [-0.39, 0.29) is 16.5 Å². The molecule has 0 aliphatic carbocycles. The number of aryl methyl sites for hydroxylation is 1. The normalized spacial score (nSPS) is 12.9. The lowest BCUT2D eigenvalue weighted by Crippen LogP contribution is -1.97. The van der Waals surface area contributed by atoms with Gasteiger partial charge in [-0.1, -0.05) is 35.7 Å². The van der Waals surface area contributed by atoms with Crippen LogP contribution in [0.15, 0.2) is 12.1 Å². The van der Waals surface area contributed by atoms with Gasteiger partial charge >= 0.3 is 0 Å². The first kappa shape index (κ1) is 12.6. The molecule has 0 saturated heterocycles. The van der Waals surface area contributed by atoms with E-state index in [9.17, 15) is 8.78 Å². The molecule has 1 rings (SSSR count). The van der Waals surface area contributed by atoms with Gasteiger partial charge in [0.15, 0.2) is 0 Å². The first-order chi connectivity index (χ1) is 7.06. The summed E-state index contributed by atoms with van der Waals surface area (Å²) in [6.45, 7) is 3.64. The Kier molecular flexibility index (Phi) is 4.71. The van der Waals surface area contributed by atoms with Crippen LogP contribution < -0.4 is 0 Å². The smallest absolute Gasteiger partial charge is 0.128 e. The van der Waals surface area contributed by atoms with Gasteiger partial charge < -0.3 is 0 Å². The largest absolute Gasteiger partial charge is 0.207 e. The minimum atomic E-state index is -0.340. The summed E-state index contributed by atoms with van der Waals surface area (Å²) in [7, 11) is 0. The molecule has 0 aliphatic heterocycles. The zero-order valence-electron chi connectivity index (χ0n) is 8.99. The van der Waals surface area contributed by atoms with Crippen molar-refractivity contribution >= 4 is 15.9 Å². The van der Waals surface area contributed by atoms with Crippen LogP contribution in [0.5, 0.6) is 0 Å². The number of rotatable bonds is 4. The molecule has 0 aliphatic rings. The maximum absolute atomic E-state index is 13.5. The van der Waals surface area contributed by atoms with Gasteiger partial charge in [0.05, 0.1) is 0 Å². The van der Waals surface area contributed by atoms with Crippen LogP contribution >= 0.6 is 15.9 Å². The molecule has 84 valence electrons. The molecule has 0 radical (unpaired) electrons. The van der Waals surface area contributed by atoms with Gasteiger partial charge in [-0.15, -0.1) is 0 Å². The quantitative estimate of drug-likeness (QED) is 0.687. The van der Waals surface area contributed by atoms with Crippen LogP contribution in [-0.2, 0) is 0 Å². The summed E-state index contributed by atoms with van der Waals surface area (Å²) < 4.78 is 26.8. The maximum atomic E-state index is 13.5. The van der Waals surface area contributed by atoms with Crippen LogP contribution in [0.3, 0.4) is 0 Å². The molecule has 0 bridgehead atoms. The summed E-state index contributed by atoms with van der Waals surface area (Å²) in [4.78, 5) is -0.0902. The number of benzene rings is 1. The fourth-order valence-electron chi connectivity index (χ4n) is 1.44. The third-order valence-corrected chi connectivity index (χ3v) is 3.38. The molecule has 0 N–H and O–H groups in total. The van der Waals surface area contributed by atoms with E-state index in [0.717, 1.165) is 19.3 Å². The number of unbranched alkanes of at least 4 members (excludes halogenated alkanes) is 1. The summed E-state index contributed by atoms with van der Waals surface area (Å²) in [5.74, 6) is -0.667. The molecular formula is C12H15BrF2. The molecule has 3 heteroatoms. The van der Waals surface area contributed by atoms with Crippen LogP contribution in [0.4, 0.5) is 8.78 Å². The minimum Gasteiger partial charge on any atom is -0.207 e. The molecule has 0 nitrogen and oxygen atoms in total. The van der Waals surface area contributed by atoms with Crippen LogP contribution in [-0.4, -0.2) is 0 Å². The Labute approximate surface area is 97.8 Å². The summed E-state index contributed by atoms with van der Waals surface area (Å²) in [5, 5.41) is 0. The fraction of sp³-hybridized carbons (Fsp3) is 0.500. The fourth-order valence-corrected chi connectivity index (χ4v) is 2.12. The highest BCUT2D eigenvalue weighted by atomic mass is 79.9. The van der Waals surface area contributed by atoms with Gasteiger partial charge in [-0.2, -0.15) is 0 Å². The molecule has 1 unspecified atom stereocenters. The standard InChI is InChI=1S/C12H15BrF2/c1-3-4-5-10(13)9-7-11(14)8(2)6-12(9)15/h6-7,10H,3-5H2,1-2H3. The Morgan fingerprint density at radius 2 is 1.93 bits per heavy atom. The molecular weight excluding hydrogens is 262 g/mol.